The van der Waals surface area contributed by atoms with Crippen LogP contribution in [0.1, 0.15) is 30.7 Å². The fourth-order valence-corrected chi connectivity index (χ4v) is 0.945. The van der Waals surface area contributed by atoms with E-state index in [2.05, 4.69) is 13.2 Å². The van der Waals surface area contributed by atoms with Gasteiger partial charge in [-0.25, -0.2) is 0 Å². The molecule has 0 fully saturated rings. The maximum Gasteiger partial charge on any atom is 0.195 e. The Morgan fingerprint density at radius 3 is 2.29 bits per heavy atom. The summed E-state index contributed by atoms with van der Waals surface area (Å²) >= 11 is 0. The first-order valence-corrected chi connectivity index (χ1v) is 4.58. The van der Waals surface area contributed by atoms with Gasteiger partial charge < -0.3 is 4.42 Å². The molecular formula is C12H16O2. The molecule has 0 radical (unpaired) electrons. The predicted octanol–water partition coefficient (Wildman–Crippen LogP) is 3.26. The van der Waals surface area contributed by atoms with Gasteiger partial charge in [-0.1, -0.05) is 33.1 Å². The van der Waals surface area contributed by atoms with Crippen LogP contribution in [0.25, 0.3) is 12.2 Å². The lowest BCUT2D eigenvalue weighted by atomic mass is 10.1. The molecule has 0 spiro atoms. The van der Waals surface area contributed by atoms with Gasteiger partial charge in [0.15, 0.2) is 5.43 Å². The van der Waals surface area contributed by atoms with Crippen LogP contribution in [0.2, 0.25) is 0 Å². The quantitative estimate of drug-likeness (QED) is 0.720. The first-order valence-electron chi connectivity index (χ1n) is 4.58. The highest BCUT2D eigenvalue weighted by Crippen LogP contribution is 2.08. The summed E-state index contributed by atoms with van der Waals surface area (Å²) in [6.45, 7) is 12.8. The number of rotatable bonds is 2. The molecule has 0 saturated carbocycles. The van der Waals surface area contributed by atoms with Crippen molar-refractivity contribution in [3.8, 4) is 0 Å². The molecule has 0 atom stereocenters. The van der Waals surface area contributed by atoms with E-state index in [1.54, 1.807) is 6.92 Å². The molecule has 0 aliphatic carbocycles. The molecule has 0 aliphatic rings. The van der Waals surface area contributed by atoms with Gasteiger partial charge in [-0.3, -0.25) is 4.79 Å². The normalized spacial score (nSPS) is 8.50. The van der Waals surface area contributed by atoms with Crippen LogP contribution in [-0.2, 0) is 0 Å². The average molecular weight is 192 g/mol. The van der Waals surface area contributed by atoms with Crippen LogP contribution < -0.4 is 5.43 Å². The molecule has 0 bridgehead atoms. The van der Waals surface area contributed by atoms with Gasteiger partial charge in [0, 0.05) is 5.56 Å². The lowest BCUT2D eigenvalue weighted by Gasteiger charge is -1.98. The SMILES string of the molecule is C=Cc1occ(C)c(=O)c1C=C.CC. The monoisotopic (exact) mass is 192 g/mol. The van der Waals surface area contributed by atoms with E-state index in [0.29, 0.717) is 16.9 Å². The van der Waals surface area contributed by atoms with Crippen molar-refractivity contribution in [2.45, 2.75) is 20.8 Å². The van der Waals surface area contributed by atoms with Crippen LogP contribution in [-0.4, -0.2) is 0 Å². The molecule has 2 nitrogen and oxygen atoms in total. The summed E-state index contributed by atoms with van der Waals surface area (Å²) in [4.78, 5) is 11.4. The summed E-state index contributed by atoms with van der Waals surface area (Å²) in [6, 6.07) is 0. The van der Waals surface area contributed by atoms with Crippen LogP contribution in [0.5, 0.6) is 0 Å². The third-order valence-corrected chi connectivity index (χ3v) is 1.62. The molecule has 0 aromatic carbocycles. The molecular weight excluding hydrogens is 176 g/mol. The maximum atomic E-state index is 11.4. The van der Waals surface area contributed by atoms with Crippen LogP contribution in [0.3, 0.4) is 0 Å². The zero-order valence-electron chi connectivity index (χ0n) is 8.96. The van der Waals surface area contributed by atoms with E-state index in [1.165, 1.54) is 18.4 Å². The molecule has 0 amide bonds. The molecule has 0 unspecified atom stereocenters. The summed E-state index contributed by atoms with van der Waals surface area (Å²) in [5, 5.41) is 0. The second kappa shape index (κ2) is 5.97. The molecule has 0 saturated heterocycles. The Balaban J connectivity index is 0.000000791. The first-order chi connectivity index (χ1) is 6.70. The smallest absolute Gasteiger partial charge is 0.195 e. The van der Waals surface area contributed by atoms with Crippen molar-refractivity contribution >= 4 is 12.2 Å². The van der Waals surface area contributed by atoms with Gasteiger partial charge in [-0.2, -0.15) is 0 Å². The Kier molecular flexibility index (Phi) is 5.30. The zero-order valence-corrected chi connectivity index (χ0v) is 8.96. The minimum atomic E-state index is -0.0499. The Morgan fingerprint density at radius 2 is 1.86 bits per heavy atom. The van der Waals surface area contributed by atoms with E-state index >= 15 is 0 Å². The van der Waals surface area contributed by atoms with Crippen molar-refractivity contribution in [3.05, 3.63) is 46.5 Å². The molecule has 2 heteroatoms. The molecule has 14 heavy (non-hydrogen) atoms. The molecule has 1 aromatic heterocycles. The van der Waals surface area contributed by atoms with Gasteiger partial charge in [0.2, 0.25) is 0 Å². The molecule has 1 aromatic rings. The Labute approximate surface area is 84.6 Å². The summed E-state index contributed by atoms with van der Waals surface area (Å²) in [6.07, 6.45) is 4.40. The van der Waals surface area contributed by atoms with Gasteiger partial charge in [0.05, 0.1) is 11.8 Å². The Bertz CT molecular complexity index is 372. The lowest BCUT2D eigenvalue weighted by Crippen LogP contribution is -2.09. The van der Waals surface area contributed by atoms with Crippen molar-refractivity contribution < 1.29 is 4.42 Å². The van der Waals surface area contributed by atoms with Gasteiger partial charge in [-0.05, 0) is 13.0 Å². The Morgan fingerprint density at radius 1 is 1.29 bits per heavy atom. The largest absolute Gasteiger partial charge is 0.464 e. The number of hydrogen-bond donors (Lipinski definition) is 0. The highest BCUT2D eigenvalue weighted by molar-refractivity contribution is 5.59. The molecule has 1 rings (SSSR count). The van der Waals surface area contributed by atoms with Crippen LogP contribution in [0.4, 0.5) is 0 Å². The number of aryl methyl sites for hydroxylation is 1. The van der Waals surface area contributed by atoms with Crippen LogP contribution >= 0.6 is 0 Å². The highest BCUT2D eigenvalue weighted by atomic mass is 16.3. The van der Waals surface area contributed by atoms with Crippen LogP contribution in [0, 0.1) is 6.92 Å². The maximum absolute atomic E-state index is 11.4. The number of hydrogen-bond acceptors (Lipinski definition) is 2. The second-order valence-corrected chi connectivity index (χ2v) is 2.43. The molecule has 76 valence electrons. The van der Waals surface area contributed by atoms with Crippen molar-refractivity contribution in [1.29, 1.82) is 0 Å². The molecule has 0 N–H and O–H groups in total. The highest BCUT2D eigenvalue weighted by Gasteiger charge is 2.04. The van der Waals surface area contributed by atoms with Gasteiger partial charge >= 0.3 is 0 Å². The van der Waals surface area contributed by atoms with E-state index in [0.717, 1.165) is 0 Å². The van der Waals surface area contributed by atoms with Gasteiger partial charge in [0.25, 0.3) is 0 Å². The third-order valence-electron chi connectivity index (χ3n) is 1.62. The average Bonchev–Trinajstić information content (AvgIpc) is 2.24. The van der Waals surface area contributed by atoms with E-state index in [4.69, 9.17) is 4.42 Å². The minimum absolute atomic E-state index is 0.0499. The van der Waals surface area contributed by atoms with Crippen molar-refractivity contribution in [3.63, 3.8) is 0 Å². The first kappa shape index (κ1) is 12.4. The lowest BCUT2D eigenvalue weighted by molar-refractivity contribution is 0.532. The van der Waals surface area contributed by atoms with Crippen LogP contribution in [0.15, 0.2) is 28.6 Å². The zero-order chi connectivity index (χ0) is 11.1. The van der Waals surface area contributed by atoms with Crippen molar-refractivity contribution in [2.75, 3.05) is 0 Å². The van der Waals surface area contributed by atoms with Gasteiger partial charge in [0.1, 0.15) is 5.76 Å². The Hall–Kier alpha value is -1.57. The summed E-state index contributed by atoms with van der Waals surface area (Å²) in [5.41, 5.74) is 1.01. The van der Waals surface area contributed by atoms with E-state index in [1.807, 2.05) is 13.8 Å². The summed E-state index contributed by atoms with van der Waals surface area (Å²) < 4.78 is 5.12. The van der Waals surface area contributed by atoms with Gasteiger partial charge in [-0.15, -0.1) is 0 Å². The fraction of sp³-hybridized carbons (Fsp3) is 0.250. The predicted molar refractivity (Wildman–Crippen MR) is 61.2 cm³/mol. The fourth-order valence-electron chi connectivity index (χ4n) is 0.945. The van der Waals surface area contributed by atoms with E-state index in [-0.39, 0.29) is 5.43 Å². The topological polar surface area (TPSA) is 30.2 Å². The summed E-state index contributed by atoms with van der Waals surface area (Å²) in [7, 11) is 0. The summed E-state index contributed by atoms with van der Waals surface area (Å²) in [5.74, 6) is 0.473. The van der Waals surface area contributed by atoms with E-state index in [9.17, 15) is 4.79 Å². The van der Waals surface area contributed by atoms with Crippen molar-refractivity contribution in [1.82, 2.24) is 0 Å². The second-order valence-electron chi connectivity index (χ2n) is 2.43. The van der Waals surface area contributed by atoms with Crippen molar-refractivity contribution in [2.24, 2.45) is 0 Å². The third kappa shape index (κ3) is 2.46. The molecule has 1 heterocycles. The standard InChI is InChI=1S/C10H10O2.C2H6/c1-4-8-9(5-2)12-6-7(3)10(8)11;1-2/h4-6H,1-2H2,3H3;1-2H3. The molecule has 0 aliphatic heterocycles. The minimum Gasteiger partial charge on any atom is -0.464 e. The van der Waals surface area contributed by atoms with E-state index < -0.39 is 0 Å².